The molecular weight excluding hydrogens is 519 g/mol. The van der Waals surface area contributed by atoms with Gasteiger partial charge < -0.3 is 20.2 Å². The number of nitrogens with one attached hydrogen (secondary N) is 1. The molecule has 0 radical (unpaired) electrons. The normalized spacial score (nSPS) is 25.1. The molecule has 9 heteroatoms. The van der Waals surface area contributed by atoms with Crippen LogP contribution in [0.3, 0.4) is 0 Å². The third kappa shape index (κ3) is 6.05. The molecule has 0 aliphatic carbocycles. The van der Waals surface area contributed by atoms with E-state index >= 15 is 4.39 Å². The largest absolute Gasteiger partial charge is 0.508 e. The molecule has 2 aromatic rings. The van der Waals surface area contributed by atoms with Crippen LogP contribution in [-0.2, 0) is 4.79 Å². The number of aromatic hydroxyl groups is 1. The predicted molar refractivity (Wildman–Crippen MR) is 148 cm³/mol. The Hall–Kier alpha value is -2.91. The maximum Gasteiger partial charge on any atom is 0.258 e. The lowest BCUT2D eigenvalue weighted by Gasteiger charge is -2.50. The zero-order valence-electron chi connectivity index (χ0n) is 23.5. The fourth-order valence-electron chi connectivity index (χ4n) is 6.68. The van der Waals surface area contributed by atoms with E-state index in [1.165, 1.54) is 23.1 Å². The van der Waals surface area contributed by atoms with Crippen LogP contribution in [0.5, 0.6) is 5.75 Å². The van der Waals surface area contributed by atoms with Crippen LogP contribution in [0.15, 0.2) is 42.5 Å². The molecule has 0 bridgehead atoms. The van der Waals surface area contributed by atoms with Crippen molar-refractivity contribution in [2.75, 3.05) is 40.3 Å². The van der Waals surface area contributed by atoms with Crippen LogP contribution in [-0.4, -0.2) is 79.3 Å². The highest BCUT2D eigenvalue weighted by atomic mass is 19.3. The van der Waals surface area contributed by atoms with Gasteiger partial charge in [0, 0.05) is 37.0 Å². The van der Waals surface area contributed by atoms with Gasteiger partial charge >= 0.3 is 0 Å². The molecule has 40 heavy (non-hydrogen) atoms. The first-order valence-corrected chi connectivity index (χ1v) is 14.1. The Balaban J connectivity index is 1.87. The van der Waals surface area contributed by atoms with Gasteiger partial charge in [0.1, 0.15) is 11.6 Å². The molecule has 4 atom stereocenters. The van der Waals surface area contributed by atoms with Crippen molar-refractivity contribution in [2.24, 2.45) is 11.3 Å². The van der Waals surface area contributed by atoms with E-state index in [1.807, 2.05) is 19.0 Å². The van der Waals surface area contributed by atoms with Crippen molar-refractivity contribution in [1.82, 2.24) is 15.1 Å². The van der Waals surface area contributed by atoms with Crippen LogP contribution in [0.1, 0.15) is 59.5 Å². The van der Waals surface area contributed by atoms with Gasteiger partial charge in [0.25, 0.3) is 6.43 Å². The number of hydrogen-bond donors (Lipinski definition) is 2. The molecule has 0 spiro atoms. The summed E-state index contributed by atoms with van der Waals surface area (Å²) in [4.78, 5) is 32.0. The summed E-state index contributed by atoms with van der Waals surface area (Å²) in [5.74, 6) is -2.70. The summed E-state index contributed by atoms with van der Waals surface area (Å²) >= 11 is 0. The zero-order valence-corrected chi connectivity index (χ0v) is 23.5. The minimum Gasteiger partial charge on any atom is -0.508 e. The standard InChI is InChI=1S/C31H40F3N3O3/c1-20-23(11-7-12-25(20)32)27-24(28(39)21-9-6-10-22(38)17-21)18-35-19-31(27,14-4-5-15-36(2)3)30(40)37-16-8-13-26(37)29(33)34/h6-7,9-12,17,24,26-27,29,35,38H,4-5,8,13-16,18-19H2,1-3H3/t24-,26-,27-,31+/m1/s1. The van der Waals surface area contributed by atoms with Crippen molar-refractivity contribution in [3.05, 3.63) is 65.0 Å². The lowest BCUT2D eigenvalue weighted by molar-refractivity contribution is -0.150. The lowest BCUT2D eigenvalue weighted by atomic mass is 9.59. The molecule has 0 aromatic heterocycles. The number of rotatable bonds is 10. The van der Waals surface area contributed by atoms with Crippen molar-refractivity contribution >= 4 is 11.7 Å². The maximum atomic E-state index is 15.0. The molecular formula is C31H40F3N3O3. The van der Waals surface area contributed by atoms with Gasteiger partial charge in [-0.1, -0.05) is 30.7 Å². The topological polar surface area (TPSA) is 72.9 Å². The van der Waals surface area contributed by atoms with E-state index in [2.05, 4.69) is 5.32 Å². The number of alkyl halides is 2. The minimum absolute atomic E-state index is 0.0593. The van der Waals surface area contributed by atoms with Gasteiger partial charge in [0.15, 0.2) is 5.78 Å². The molecule has 2 saturated heterocycles. The number of nitrogens with zero attached hydrogens (tertiary/aromatic N) is 2. The fourth-order valence-corrected chi connectivity index (χ4v) is 6.68. The van der Waals surface area contributed by atoms with E-state index in [4.69, 9.17) is 0 Å². The van der Waals surface area contributed by atoms with E-state index < -0.39 is 41.4 Å². The van der Waals surface area contributed by atoms with Crippen LogP contribution in [0.2, 0.25) is 0 Å². The number of piperidine rings is 1. The van der Waals surface area contributed by atoms with Crippen molar-refractivity contribution in [1.29, 1.82) is 0 Å². The summed E-state index contributed by atoms with van der Waals surface area (Å²) < 4.78 is 43.2. The SMILES string of the molecule is Cc1c(F)cccc1[C@@H]1[C@H](C(=O)c2cccc(O)c2)CNC[C@]1(CCCCN(C)C)C(=O)N1CCC[C@@H]1C(F)F. The molecule has 1 amide bonds. The summed E-state index contributed by atoms with van der Waals surface area (Å²) in [6.07, 6.45) is -0.184. The number of likely N-dealkylation sites (tertiary alicyclic amines) is 1. The number of phenols is 1. The molecule has 4 rings (SSSR count). The second kappa shape index (κ2) is 12.7. The highest BCUT2D eigenvalue weighted by Gasteiger charge is 2.56. The minimum atomic E-state index is -2.67. The summed E-state index contributed by atoms with van der Waals surface area (Å²) in [6.45, 7) is 3.09. The molecule has 218 valence electrons. The molecule has 2 fully saturated rings. The number of carbonyl (C=O) groups is 2. The van der Waals surface area contributed by atoms with Crippen LogP contribution < -0.4 is 5.32 Å². The molecule has 2 aromatic carbocycles. The lowest BCUT2D eigenvalue weighted by Crippen LogP contribution is -2.61. The van der Waals surface area contributed by atoms with Crippen molar-refractivity contribution in [3.8, 4) is 5.75 Å². The zero-order chi connectivity index (χ0) is 29.0. The highest BCUT2D eigenvalue weighted by molar-refractivity contribution is 6.00. The number of unbranched alkanes of at least 4 members (excludes halogenated alkanes) is 1. The number of carbonyl (C=O) groups excluding carboxylic acids is 2. The third-order valence-corrected chi connectivity index (χ3v) is 8.67. The van der Waals surface area contributed by atoms with Crippen LogP contribution in [0.25, 0.3) is 0 Å². The average molecular weight is 560 g/mol. The monoisotopic (exact) mass is 559 g/mol. The molecule has 2 N–H and O–H groups in total. The number of benzene rings is 2. The van der Waals surface area contributed by atoms with Gasteiger partial charge in [-0.3, -0.25) is 9.59 Å². The number of Topliss-reactive ketones (excluding diaryl/α,β-unsaturated/α-hetero) is 1. The molecule has 2 aliphatic heterocycles. The Labute approximate surface area is 234 Å². The second-order valence-electron chi connectivity index (χ2n) is 11.5. The number of ketones is 1. The summed E-state index contributed by atoms with van der Waals surface area (Å²) in [5.41, 5.74) is -0.0555. The Morgan fingerprint density at radius 2 is 1.93 bits per heavy atom. The van der Waals surface area contributed by atoms with Crippen LogP contribution in [0.4, 0.5) is 13.2 Å². The second-order valence-corrected chi connectivity index (χ2v) is 11.5. The maximum absolute atomic E-state index is 15.0. The summed E-state index contributed by atoms with van der Waals surface area (Å²) in [5, 5.41) is 13.4. The molecule has 2 heterocycles. The van der Waals surface area contributed by atoms with E-state index in [1.54, 1.807) is 31.2 Å². The molecule has 0 saturated carbocycles. The Bertz CT molecular complexity index is 1210. The Kier molecular flexibility index (Phi) is 9.56. The van der Waals surface area contributed by atoms with E-state index in [0.717, 1.165) is 13.0 Å². The molecule has 2 aliphatic rings. The number of amides is 1. The van der Waals surface area contributed by atoms with Gasteiger partial charge in [-0.25, -0.2) is 13.2 Å². The Morgan fingerprint density at radius 3 is 2.62 bits per heavy atom. The van der Waals surface area contributed by atoms with Gasteiger partial charge in [0.05, 0.1) is 11.5 Å². The summed E-state index contributed by atoms with van der Waals surface area (Å²) in [7, 11) is 3.92. The molecule has 6 nitrogen and oxygen atoms in total. The smallest absolute Gasteiger partial charge is 0.258 e. The average Bonchev–Trinajstić information content (AvgIpc) is 3.42. The summed E-state index contributed by atoms with van der Waals surface area (Å²) in [6, 6.07) is 9.56. The first-order chi connectivity index (χ1) is 19.1. The van der Waals surface area contributed by atoms with E-state index in [-0.39, 0.29) is 43.2 Å². The predicted octanol–water partition coefficient (Wildman–Crippen LogP) is 5.00. The van der Waals surface area contributed by atoms with Crippen LogP contribution >= 0.6 is 0 Å². The van der Waals surface area contributed by atoms with Crippen molar-refractivity contribution in [3.63, 3.8) is 0 Å². The van der Waals surface area contributed by atoms with Gasteiger partial charge in [-0.05, 0) is 82.6 Å². The Morgan fingerprint density at radius 1 is 1.18 bits per heavy atom. The van der Waals surface area contributed by atoms with Crippen molar-refractivity contribution < 1.29 is 27.9 Å². The van der Waals surface area contributed by atoms with Gasteiger partial charge in [-0.2, -0.15) is 0 Å². The third-order valence-electron chi connectivity index (χ3n) is 8.67. The number of halogens is 3. The highest BCUT2D eigenvalue weighted by Crippen LogP contribution is 2.51. The van der Waals surface area contributed by atoms with Gasteiger partial charge in [-0.15, -0.1) is 0 Å². The van der Waals surface area contributed by atoms with Crippen molar-refractivity contribution in [2.45, 2.75) is 57.4 Å². The van der Waals surface area contributed by atoms with E-state index in [0.29, 0.717) is 30.4 Å². The first kappa shape index (κ1) is 30.1. The quantitative estimate of drug-likeness (QED) is 0.317. The molecule has 0 unspecified atom stereocenters. The fraction of sp³-hybridized carbons (Fsp3) is 0.548. The van der Waals surface area contributed by atoms with Crippen LogP contribution in [0, 0.1) is 24.1 Å². The van der Waals surface area contributed by atoms with Gasteiger partial charge in [0.2, 0.25) is 5.91 Å². The van der Waals surface area contributed by atoms with E-state index in [9.17, 15) is 23.5 Å². The first-order valence-electron chi connectivity index (χ1n) is 14.1. The number of hydrogen-bond acceptors (Lipinski definition) is 5. The number of phenolic OH excluding ortho intramolecular Hbond substituents is 1.